The third-order valence-corrected chi connectivity index (χ3v) is 12.1. The van der Waals surface area contributed by atoms with Crippen molar-refractivity contribution in [2.24, 2.45) is 40.4 Å². The fourth-order valence-corrected chi connectivity index (χ4v) is 9.85. The van der Waals surface area contributed by atoms with Crippen LogP contribution in [0.4, 0.5) is 0 Å². The second-order valence-electron chi connectivity index (χ2n) is 13.5. The molecule has 5 nitrogen and oxygen atoms in total. The van der Waals surface area contributed by atoms with Crippen molar-refractivity contribution in [3.63, 3.8) is 0 Å². The predicted molar refractivity (Wildman–Crippen MR) is 144 cm³/mol. The highest BCUT2D eigenvalue weighted by molar-refractivity contribution is 8.15. The van der Waals surface area contributed by atoms with E-state index in [1.165, 1.54) is 0 Å². The molecule has 5 rings (SSSR count). The van der Waals surface area contributed by atoms with Gasteiger partial charge in [0.15, 0.2) is 5.79 Å². The Bertz CT molecular complexity index is 846. The summed E-state index contributed by atoms with van der Waals surface area (Å²) < 4.78 is 18.3. The minimum atomic E-state index is -1.24. The zero-order valence-electron chi connectivity index (χ0n) is 23.0. The summed E-state index contributed by atoms with van der Waals surface area (Å²) in [6, 6.07) is 0. The van der Waals surface area contributed by atoms with E-state index in [1.807, 2.05) is 0 Å². The van der Waals surface area contributed by atoms with Gasteiger partial charge in [0.05, 0.1) is 25.4 Å². The van der Waals surface area contributed by atoms with E-state index in [1.54, 1.807) is 5.57 Å². The second kappa shape index (κ2) is 9.85. The van der Waals surface area contributed by atoms with Gasteiger partial charge in [0.1, 0.15) is 5.60 Å². The SMILES string of the molecule is [B]SOC1CCC2(C)C(=CCC3C2CCC2(C)C3CC(O)C2(O)C(C)C2(CCC(C)C)OCCO2)C1. The molecular weight excluding hydrogens is 471 g/mol. The van der Waals surface area contributed by atoms with Crippen LogP contribution in [0, 0.1) is 40.4 Å². The van der Waals surface area contributed by atoms with E-state index < -0.39 is 17.5 Å². The summed E-state index contributed by atoms with van der Waals surface area (Å²) in [6.07, 6.45) is 10.5. The molecule has 1 heterocycles. The maximum absolute atomic E-state index is 12.6. The Labute approximate surface area is 224 Å². The first-order chi connectivity index (χ1) is 17.0. The zero-order chi connectivity index (χ0) is 25.9. The van der Waals surface area contributed by atoms with Crippen LogP contribution >= 0.6 is 11.9 Å². The minimum absolute atomic E-state index is 0.177. The van der Waals surface area contributed by atoms with Crippen LogP contribution in [0.25, 0.3) is 0 Å². The monoisotopic (exact) mass is 518 g/mol. The Balaban J connectivity index is 1.43. The average molecular weight is 519 g/mol. The van der Waals surface area contributed by atoms with Crippen LogP contribution in [0.5, 0.6) is 0 Å². The molecule has 0 amide bonds. The molecule has 202 valence electrons. The average Bonchev–Trinajstić information content (AvgIpc) is 3.40. The first-order valence-corrected chi connectivity index (χ1v) is 15.2. The standard InChI is InChI=1S/C29H47BO5S/c1-18(2)8-13-28(33-14-15-34-28)19(3)29(32)25(31)17-24-22-7-6-20-16-21(35-36-30)9-11-26(20,4)23(22)10-12-27(24,29)5/h6,18-19,21-25,31-32H,7-17H2,1-5H3. The maximum Gasteiger partial charge on any atom is 0.203 e. The number of allylic oxidation sites excluding steroid dienone is 1. The van der Waals surface area contributed by atoms with Crippen molar-refractivity contribution >= 4 is 19.0 Å². The van der Waals surface area contributed by atoms with Gasteiger partial charge in [0.2, 0.25) is 7.12 Å². The molecule has 9 unspecified atom stereocenters. The van der Waals surface area contributed by atoms with Gasteiger partial charge in [-0.25, -0.2) is 0 Å². The Morgan fingerprint density at radius 1 is 1.14 bits per heavy atom. The van der Waals surface area contributed by atoms with Gasteiger partial charge in [-0.3, -0.25) is 0 Å². The molecule has 3 saturated carbocycles. The molecule has 36 heavy (non-hydrogen) atoms. The largest absolute Gasteiger partial charge is 0.390 e. The lowest BCUT2D eigenvalue weighted by atomic mass is 9.46. The van der Waals surface area contributed by atoms with Crippen molar-refractivity contribution in [3.8, 4) is 0 Å². The van der Waals surface area contributed by atoms with Crippen LogP contribution in [-0.4, -0.2) is 54.1 Å². The highest BCUT2D eigenvalue weighted by Gasteiger charge is 2.71. The van der Waals surface area contributed by atoms with E-state index in [0.717, 1.165) is 63.3 Å². The maximum atomic E-state index is 12.6. The molecule has 0 bridgehead atoms. The van der Waals surface area contributed by atoms with E-state index in [0.29, 0.717) is 37.4 Å². The fourth-order valence-electron chi connectivity index (χ4n) is 9.53. The summed E-state index contributed by atoms with van der Waals surface area (Å²) in [5.41, 5.74) is 0.112. The van der Waals surface area contributed by atoms with E-state index in [2.05, 4.69) is 40.7 Å². The lowest BCUT2D eigenvalue weighted by molar-refractivity contribution is -0.279. The molecule has 1 aliphatic heterocycles. The van der Waals surface area contributed by atoms with Gasteiger partial charge < -0.3 is 23.9 Å². The van der Waals surface area contributed by atoms with Crippen molar-refractivity contribution in [1.82, 2.24) is 0 Å². The molecule has 0 aromatic carbocycles. The lowest BCUT2D eigenvalue weighted by Crippen LogP contribution is -2.64. The molecule has 4 fully saturated rings. The number of rotatable bonds is 7. The van der Waals surface area contributed by atoms with Gasteiger partial charge in [0, 0.05) is 17.8 Å². The van der Waals surface area contributed by atoms with Crippen LogP contribution in [0.3, 0.4) is 0 Å². The summed E-state index contributed by atoms with van der Waals surface area (Å²) in [4.78, 5) is 0. The molecular formula is C29H47BO5S. The van der Waals surface area contributed by atoms with Gasteiger partial charge in [-0.1, -0.05) is 58.2 Å². The molecule has 0 spiro atoms. The van der Waals surface area contributed by atoms with Gasteiger partial charge in [-0.15, -0.1) is 0 Å². The Morgan fingerprint density at radius 3 is 2.53 bits per heavy atom. The molecule has 2 radical (unpaired) electrons. The van der Waals surface area contributed by atoms with E-state index in [9.17, 15) is 10.2 Å². The number of hydrogen-bond donors (Lipinski definition) is 2. The van der Waals surface area contributed by atoms with Gasteiger partial charge in [-0.2, -0.15) is 0 Å². The number of ether oxygens (including phenoxy) is 2. The third kappa shape index (κ3) is 4.01. The molecule has 7 heteroatoms. The normalized spacial score (nSPS) is 46.7. The molecule has 5 aliphatic rings. The van der Waals surface area contributed by atoms with Crippen LogP contribution in [0.15, 0.2) is 11.6 Å². The topological polar surface area (TPSA) is 68.2 Å². The Morgan fingerprint density at radius 2 is 1.86 bits per heavy atom. The van der Waals surface area contributed by atoms with Crippen molar-refractivity contribution in [1.29, 1.82) is 0 Å². The number of hydrogen-bond acceptors (Lipinski definition) is 6. The lowest BCUT2D eigenvalue weighted by Gasteiger charge is -2.60. The second-order valence-corrected chi connectivity index (χ2v) is 13.9. The molecule has 9 atom stereocenters. The highest BCUT2D eigenvalue weighted by atomic mass is 32.2. The smallest absolute Gasteiger partial charge is 0.203 e. The Hall–Kier alpha value is -0.0451. The molecule has 0 aromatic rings. The van der Waals surface area contributed by atoms with Crippen LogP contribution in [0.2, 0.25) is 0 Å². The number of aliphatic hydroxyl groups is 2. The predicted octanol–water partition coefficient (Wildman–Crippen LogP) is 5.58. The summed E-state index contributed by atoms with van der Waals surface area (Å²) in [5.74, 6) is 0.744. The summed E-state index contributed by atoms with van der Waals surface area (Å²) in [6.45, 7) is 12.3. The highest BCUT2D eigenvalue weighted by Crippen LogP contribution is 2.69. The number of aliphatic hydroxyl groups excluding tert-OH is 1. The van der Waals surface area contributed by atoms with Gasteiger partial charge in [0.25, 0.3) is 0 Å². The van der Waals surface area contributed by atoms with Crippen molar-refractivity contribution in [2.45, 2.75) is 116 Å². The minimum Gasteiger partial charge on any atom is -0.390 e. The summed E-state index contributed by atoms with van der Waals surface area (Å²) >= 11 is 0.995. The molecule has 1 saturated heterocycles. The van der Waals surface area contributed by atoms with Crippen LogP contribution < -0.4 is 0 Å². The van der Waals surface area contributed by atoms with E-state index >= 15 is 0 Å². The zero-order valence-corrected chi connectivity index (χ0v) is 23.8. The molecule has 2 N–H and O–H groups in total. The first-order valence-electron chi connectivity index (χ1n) is 14.4. The van der Waals surface area contributed by atoms with Crippen molar-refractivity contribution in [2.75, 3.05) is 13.2 Å². The summed E-state index contributed by atoms with van der Waals surface area (Å²) in [5, 5.41) is 24.2. The van der Waals surface area contributed by atoms with Crippen molar-refractivity contribution < 1.29 is 23.9 Å². The number of fused-ring (bicyclic) bond motifs is 5. The summed E-state index contributed by atoms with van der Waals surface area (Å²) in [7, 11) is 5.60. The van der Waals surface area contributed by atoms with Crippen LogP contribution in [0.1, 0.15) is 92.4 Å². The molecule has 4 aliphatic carbocycles. The third-order valence-electron chi connectivity index (χ3n) is 11.7. The van der Waals surface area contributed by atoms with Crippen LogP contribution in [-0.2, 0) is 13.7 Å². The van der Waals surface area contributed by atoms with E-state index in [4.69, 9.17) is 20.8 Å². The van der Waals surface area contributed by atoms with E-state index in [-0.39, 0.29) is 28.8 Å². The van der Waals surface area contributed by atoms with Gasteiger partial charge >= 0.3 is 0 Å². The fraction of sp³-hybridized carbons (Fsp3) is 0.931. The Kier molecular flexibility index (Phi) is 7.53. The van der Waals surface area contributed by atoms with Gasteiger partial charge in [-0.05, 0) is 80.5 Å². The quantitative estimate of drug-likeness (QED) is 0.261. The molecule has 0 aromatic heterocycles. The van der Waals surface area contributed by atoms with Crippen molar-refractivity contribution in [3.05, 3.63) is 11.6 Å². The first kappa shape index (κ1) is 27.5.